The lowest BCUT2D eigenvalue weighted by molar-refractivity contribution is 0.0528. The second-order valence-electron chi connectivity index (χ2n) is 7.44. The summed E-state index contributed by atoms with van der Waals surface area (Å²) in [5.41, 5.74) is 1.30. The highest BCUT2D eigenvalue weighted by molar-refractivity contribution is 5.95. The van der Waals surface area contributed by atoms with Crippen LogP contribution in [-0.4, -0.2) is 40.8 Å². The minimum Gasteiger partial charge on any atom is -0.496 e. The second kappa shape index (κ2) is 6.43. The van der Waals surface area contributed by atoms with Crippen molar-refractivity contribution in [2.24, 2.45) is 5.92 Å². The molecule has 7 nitrogen and oxygen atoms in total. The maximum atomic E-state index is 14.1. The Morgan fingerprint density at radius 1 is 1.38 bits per heavy atom. The molecule has 1 saturated heterocycles. The van der Waals surface area contributed by atoms with Gasteiger partial charge < -0.3 is 14.4 Å². The van der Waals surface area contributed by atoms with E-state index in [0.29, 0.717) is 22.9 Å². The molecule has 0 radical (unpaired) electrons. The van der Waals surface area contributed by atoms with Crippen molar-refractivity contribution in [2.75, 3.05) is 25.2 Å². The van der Waals surface area contributed by atoms with Crippen molar-refractivity contribution in [3.63, 3.8) is 0 Å². The van der Waals surface area contributed by atoms with E-state index >= 15 is 0 Å². The maximum Gasteiger partial charge on any atom is 0.343 e. The number of fused-ring (bicyclic) bond motifs is 2. The molecule has 3 aromatic rings. The first-order chi connectivity index (χ1) is 14.1. The number of piperidine rings is 1. The van der Waals surface area contributed by atoms with Crippen molar-refractivity contribution < 1.29 is 18.7 Å². The van der Waals surface area contributed by atoms with Crippen LogP contribution in [0.4, 0.5) is 10.2 Å². The van der Waals surface area contributed by atoms with Gasteiger partial charge in [-0.25, -0.2) is 18.7 Å². The van der Waals surface area contributed by atoms with Gasteiger partial charge in [-0.05, 0) is 49.9 Å². The van der Waals surface area contributed by atoms with Gasteiger partial charge in [-0.3, -0.25) is 0 Å². The third kappa shape index (κ3) is 2.58. The predicted molar refractivity (Wildman–Crippen MR) is 104 cm³/mol. The third-order valence-electron chi connectivity index (χ3n) is 6.01. The number of hydrogen-bond acceptors (Lipinski definition) is 6. The van der Waals surface area contributed by atoms with Gasteiger partial charge in [0.25, 0.3) is 0 Å². The summed E-state index contributed by atoms with van der Waals surface area (Å²) in [7, 11) is 1.60. The number of rotatable bonds is 5. The molecule has 8 heteroatoms. The third-order valence-corrected chi connectivity index (χ3v) is 6.01. The molecule has 29 heavy (non-hydrogen) atoms. The molecule has 0 amide bonds. The minimum atomic E-state index is -0.445. The Morgan fingerprint density at radius 2 is 2.24 bits per heavy atom. The van der Waals surface area contributed by atoms with Crippen molar-refractivity contribution in [1.82, 2.24) is 14.6 Å². The molecule has 5 rings (SSSR count). The van der Waals surface area contributed by atoms with Crippen molar-refractivity contribution in [2.45, 2.75) is 25.3 Å². The first kappa shape index (κ1) is 17.9. The summed E-state index contributed by atoms with van der Waals surface area (Å²) >= 11 is 0. The summed E-state index contributed by atoms with van der Waals surface area (Å²) in [6.07, 6.45) is 5.17. The van der Waals surface area contributed by atoms with E-state index in [1.165, 1.54) is 12.3 Å². The lowest BCUT2D eigenvalue weighted by Gasteiger charge is -2.31. The first-order valence-electron chi connectivity index (χ1n) is 9.71. The highest BCUT2D eigenvalue weighted by Crippen LogP contribution is 2.64. The maximum absolute atomic E-state index is 14.1. The van der Waals surface area contributed by atoms with E-state index in [2.05, 4.69) is 10.00 Å². The van der Waals surface area contributed by atoms with E-state index in [1.807, 2.05) is 6.07 Å². The fraction of sp³-hybridized carbons (Fsp3) is 0.381. The summed E-state index contributed by atoms with van der Waals surface area (Å²) in [4.78, 5) is 19.2. The van der Waals surface area contributed by atoms with Crippen LogP contribution in [0.3, 0.4) is 0 Å². The average molecular weight is 396 g/mol. The van der Waals surface area contributed by atoms with Crippen molar-refractivity contribution in [1.29, 1.82) is 0 Å². The van der Waals surface area contributed by atoms with Crippen LogP contribution in [0.25, 0.3) is 5.65 Å². The van der Waals surface area contributed by atoms with Gasteiger partial charge in [0.05, 0.1) is 25.5 Å². The number of ether oxygens (including phenoxy) is 2. The Balaban J connectivity index is 1.59. The van der Waals surface area contributed by atoms with E-state index in [1.54, 1.807) is 36.9 Å². The van der Waals surface area contributed by atoms with Gasteiger partial charge in [0, 0.05) is 18.3 Å². The molecule has 3 heterocycles. The van der Waals surface area contributed by atoms with Gasteiger partial charge >= 0.3 is 5.97 Å². The molecular formula is C21H21FN4O3. The number of benzene rings is 1. The van der Waals surface area contributed by atoms with E-state index in [0.717, 1.165) is 30.8 Å². The van der Waals surface area contributed by atoms with Crippen molar-refractivity contribution >= 4 is 17.4 Å². The van der Waals surface area contributed by atoms with Gasteiger partial charge in [0.2, 0.25) is 0 Å². The Hall–Kier alpha value is -3.16. The van der Waals surface area contributed by atoms with Gasteiger partial charge in [-0.2, -0.15) is 5.10 Å². The lowest BCUT2D eigenvalue weighted by Crippen LogP contribution is -2.34. The van der Waals surface area contributed by atoms with Crippen molar-refractivity contribution in [3.8, 4) is 5.75 Å². The molecule has 0 unspecified atom stereocenters. The molecule has 0 spiro atoms. The van der Waals surface area contributed by atoms with Crippen LogP contribution < -0.4 is 9.64 Å². The number of carbonyl (C=O) groups is 1. The second-order valence-corrected chi connectivity index (χ2v) is 7.44. The summed E-state index contributed by atoms with van der Waals surface area (Å²) in [6.45, 7) is 2.85. The fourth-order valence-corrected chi connectivity index (χ4v) is 4.65. The van der Waals surface area contributed by atoms with Crippen LogP contribution in [0.15, 0.2) is 36.7 Å². The van der Waals surface area contributed by atoms with Crippen LogP contribution in [0, 0.1) is 11.7 Å². The largest absolute Gasteiger partial charge is 0.496 e. The lowest BCUT2D eigenvalue weighted by atomic mass is 10.0. The Labute approximate surface area is 167 Å². The van der Waals surface area contributed by atoms with Gasteiger partial charge in [0.1, 0.15) is 22.9 Å². The molecule has 1 saturated carbocycles. The molecule has 2 atom stereocenters. The average Bonchev–Trinajstić information content (AvgIpc) is 3.11. The predicted octanol–water partition coefficient (Wildman–Crippen LogP) is 3.18. The van der Waals surface area contributed by atoms with Crippen LogP contribution in [0.1, 0.15) is 35.7 Å². The minimum absolute atomic E-state index is 0.281. The molecule has 150 valence electrons. The number of methoxy groups -OCH3 is 1. The molecule has 2 aromatic heterocycles. The number of anilines is 1. The Morgan fingerprint density at radius 3 is 3.00 bits per heavy atom. The zero-order valence-electron chi connectivity index (χ0n) is 16.3. The van der Waals surface area contributed by atoms with E-state index < -0.39 is 5.97 Å². The monoisotopic (exact) mass is 396 g/mol. The van der Waals surface area contributed by atoms with E-state index in [9.17, 15) is 9.18 Å². The molecule has 1 aliphatic heterocycles. The number of nitrogens with zero attached hydrogens (tertiary/aromatic N) is 4. The number of halogens is 1. The van der Waals surface area contributed by atoms with Crippen LogP contribution >= 0.6 is 0 Å². The molecule has 0 bridgehead atoms. The van der Waals surface area contributed by atoms with Crippen molar-refractivity contribution in [3.05, 3.63) is 53.6 Å². The van der Waals surface area contributed by atoms with Gasteiger partial charge in [-0.1, -0.05) is 0 Å². The molecule has 0 N–H and O–H groups in total. The zero-order chi connectivity index (χ0) is 20.2. The summed E-state index contributed by atoms with van der Waals surface area (Å²) in [5, 5.41) is 4.20. The van der Waals surface area contributed by atoms with Crippen LogP contribution in [0.5, 0.6) is 5.75 Å². The Kier molecular flexibility index (Phi) is 3.97. The first-order valence-corrected chi connectivity index (χ1v) is 9.71. The standard InChI is InChI=1S/C21H21FN4O3/c1-3-29-20(27)15-12-23-26-9-7-18(24-19(15)26)25-8-6-13-11-21(13,25)16-10-14(22)4-5-17(16)28-2/h4-5,7,9-10,12-13H,3,6,8,11H2,1-2H3/t13-,21+/m0/s1. The summed E-state index contributed by atoms with van der Waals surface area (Å²) < 4.78 is 26.3. The smallest absolute Gasteiger partial charge is 0.343 e. The van der Waals surface area contributed by atoms with Gasteiger partial charge in [-0.15, -0.1) is 0 Å². The van der Waals surface area contributed by atoms with E-state index in [-0.39, 0.29) is 18.0 Å². The van der Waals surface area contributed by atoms with E-state index in [4.69, 9.17) is 14.5 Å². The normalized spacial score (nSPS) is 22.6. The number of carbonyl (C=O) groups excluding carboxylic acids is 1. The highest BCUT2D eigenvalue weighted by Gasteiger charge is 2.64. The zero-order valence-corrected chi connectivity index (χ0v) is 16.3. The van der Waals surface area contributed by atoms with Gasteiger partial charge in [0.15, 0.2) is 5.65 Å². The highest BCUT2D eigenvalue weighted by atomic mass is 19.1. The topological polar surface area (TPSA) is 69.0 Å². The summed E-state index contributed by atoms with van der Waals surface area (Å²) in [5.74, 6) is 1.11. The summed E-state index contributed by atoms with van der Waals surface area (Å²) in [6, 6.07) is 6.54. The number of esters is 1. The molecule has 1 aliphatic carbocycles. The number of aromatic nitrogens is 3. The molecular weight excluding hydrogens is 375 g/mol. The fourth-order valence-electron chi connectivity index (χ4n) is 4.65. The quantitative estimate of drug-likeness (QED) is 0.617. The SMILES string of the molecule is CCOC(=O)c1cnn2ccc(N3CC[C@H]4C[C@]43c3cc(F)ccc3OC)nc12. The number of hydrogen-bond donors (Lipinski definition) is 0. The van der Waals surface area contributed by atoms with Crippen LogP contribution in [-0.2, 0) is 10.3 Å². The molecule has 2 fully saturated rings. The molecule has 2 aliphatic rings. The Bertz CT molecular complexity index is 1110. The molecule has 1 aromatic carbocycles. The van der Waals surface area contributed by atoms with Crippen LogP contribution in [0.2, 0.25) is 0 Å².